The summed E-state index contributed by atoms with van der Waals surface area (Å²) in [5.74, 6) is 0.373. The van der Waals surface area contributed by atoms with Crippen molar-refractivity contribution in [2.75, 3.05) is 5.32 Å². The molecule has 0 atom stereocenters. The van der Waals surface area contributed by atoms with Gasteiger partial charge in [-0.3, -0.25) is 9.59 Å². The van der Waals surface area contributed by atoms with E-state index >= 15 is 0 Å². The fourth-order valence-corrected chi connectivity index (χ4v) is 2.26. The molecule has 0 aromatic heterocycles. The van der Waals surface area contributed by atoms with Crippen molar-refractivity contribution in [3.63, 3.8) is 0 Å². The molecule has 0 aliphatic heterocycles. The highest BCUT2D eigenvalue weighted by Crippen LogP contribution is 2.20. The summed E-state index contributed by atoms with van der Waals surface area (Å²) in [7, 11) is 0. The lowest BCUT2D eigenvalue weighted by Gasteiger charge is -2.09. The summed E-state index contributed by atoms with van der Waals surface area (Å²) in [5, 5.41) is 3.15. The molecule has 0 heterocycles. The summed E-state index contributed by atoms with van der Waals surface area (Å²) < 4.78 is 5.26. The highest BCUT2D eigenvalue weighted by Gasteiger charge is 2.10. The van der Waals surface area contributed by atoms with Crippen molar-refractivity contribution in [3.8, 4) is 5.75 Å². The molecule has 0 radical (unpaired) electrons. The number of ether oxygens (including phenoxy) is 1. The van der Waals surface area contributed by atoms with E-state index in [-0.39, 0.29) is 11.9 Å². The molecule has 0 fully saturated rings. The fraction of sp³-hybridized carbons (Fsp3) is 0.263. The van der Waals surface area contributed by atoms with E-state index < -0.39 is 0 Å². The Morgan fingerprint density at radius 2 is 1.75 bits per heavy atom. The summed E-state index contributed by atoms with van der Waals surface area (Å²) in [6.07, 6.45) is 1.19. The Hall–Kier alpha value is -2.33. The number of amides is 1. The first-order valence-electron chi connectivity index (χ1n) is 7.82. The molecule has 4 nitrogen and oxygen atoms in total. The van der Waals surface area contributed by atoms with Crippen LogP contribution in [0.2, 0.25) is 5.02 Å². The highest BCUT2D eigenvalue weighted by atomic mass is 35.5. The lowest BCUT2D eigenvalue weighted by atomic mass is 10.1. The van der Waals surface area contributed by atoms with E-state index in [9.17, 15) is 9.59 Å². The lowest BCUT2D eigenvalue weighted by Crippen LogP contribution is -2.12. The van der Waals surface area contributed by atoms with Crippen molar-refractivity contribution in [2.45, 2.75) is 26.7 Å². The second-order valence-electron chi connectivity index (χ2n) is 5.86. The van der Waals surface area contributed by atoms with E-state index in [1.54, 1.807) is 48.5 Å². The molecular weight excluding hydrogens is 326 g/mol. The first kappa shape index (κ1) is 18.0. The number of nitrogens with one attached hydrogen (secondary N) is 1. The van der Waals surface area contributed by atoms with Crippen molar-refractivity contribution in [2.24, 2.45) is 5.92 Å². The predicted molar refractivity (Wildman–Crippen MR) is 95.6 cm³/mol. The first-order chi connectivity index (χ1) is 11.5. The van der Waals surface area contributed by atoms with Gasteiger partial charge in [0.15, 0.2) is 0 Å². The van der Waals surface area contributed by atoms with Crippen molar-refractivity contribution in [3.05, 3.63) is 59.1 Å². The maximum absolute atomic E-state index is 12.2. The number of carbonyl (C=O) groups excluding carboxylic acids is 2. The van der Waals surface area contributed by atoms with Crippen molar-refractivity contribution in [1.29, 1.82) is 0 Å². The summed E-state index contributed by atoms with van der Waals surface area (Å²) >= 11 is 6.00. The van der Waals surface area contributed by atoms with Crippen LogP contribution in [0.15, 0.2) is 48.5 Å². The van der Waals surface area contributed by atoms with Crippen LogP contribution in [0, 0.1) is 5.92 Å². The van der Waals surface area contributed by atoms with Gasteiger partial charge in [0.25, 0.3) is 5.91 Å². The van der Waals surface area contributed by atoms with Gasteiger partial charge in [-0.25, -0.2) is 0 Å². The molecule has 0 bridgehead atoms. The molecule has 5 heteroatoms. The molecule has 2 aromatic carbocycles. The third-order valence-corrected chi connectivity index (χ3v) is 3.72. The molecule has 24 heavy (non-hydrogen) atoms. The molecule has 1 N–H and O–H groups in total. The second-order valence-corrected chi connectivity index (χ2v) is 6.27. The van der Waals surface area contributed by atoms with Crippen molar-refractivity contribution >= 4 is 29.2 Å². The quantitative estimate of drug-likeness (QED) is 0.596. The molecule has 126 valence electrons. The number of halogens is 1. The number of esters is 1. The number of benzene rings is 2. The maximum atomic E-state index is 12.2. The average molecular weight is 346 g/mol. The molecule has 0 aliphatic rings. The minimum absolute atomic E-state index is 0.253. The summed E-state index contributed by atoms with van der Waals surface area (Å²) in [6.45, 7) is 4.12. The largest absolute Gasteiger partial charge is 0.427 e. The van der Waals surface area contributed by atoms with Gasteiger partial charge in [0, 0.05) is 12.1 Å². The van der Waals surface area contributed by atoms with Gasteiger partial charge < -0.3 is 10.1 Å². The minimum Gasteiger partial charge on any atom is -0.427 e. The number of anilines is 1. The topological polar surface area (TPSA) is 55.4 Å². The second kappa shape index (κ2) is 8.50. The third kappa shape index (κ3) is 5.39. The molecule has 1 amide bonds. The zero-order valence-electron chi connectivity index (χ0n) is 13.7. The van der Waals surface area contributed by atoms with Crippen LogP contribution in [0.1, 0.15) is 37.0 Å². The van der Waals surface area contributed by atoms with Crippen molar-refractivity contribution in [1.82, 2.24) is 0 Å². The van der Waals surface area contributed by atoms with Crippen LogP contribution < -0.4 is 10.1 Å². The van der Waals surface area contributed by atoms with E-state index in [0.717, 1.165) is 6.42 Å². The van der Waals surface area contributed by atoms with Gasteiger partial charge in [0.05, 0.1) is 10.6 Å². The maximum Gasteiger partial charge on any atom is 0.311 e. The monoisotopic (exact) mass is 345 g/mol. The van der Waals surface area contributed by atoms with E-state index in [1.807, 2.05) is 0 Å². The normalized spacial score (nSPS) is 10.5. The van der Waals surface area contributed by atoms with Gasteiger partial charge in [-0.05, 0) is 48.7 Å². The van der Waals surface area contributed by atoms with Gasteiger partial charge >= 0.3 is 5.97 Å². The molecule has 2 rings (SSSR count). The Kier molecular flexibility index (Phi) is 6.38. The standard InChI is InChI=1S/C19H20ClNO3/c1-13(2)7-12-18(22)24-15-10-8-14(9-11-15)21-19(23)16-5-3-4-6-17(16)20/h3-6,8-11,13H,7,12H2,1-2H3,(H,21,23). The smallest absolute Gasteiger partial charge is 0.311 e. The zero-order chi connectivity index (χ0) is 17.5. The van der Waals surface area contributed by atoms with Crippen LogP contribution in [0.3, 0.4) is 0 Å². The number of hydrogen-bond acceptors (Lipinski definition) is 3. The van der Waals surface area contributed by atoms with Gasteiger partial charge in [-0.2, -0.15) is 0 Å². The Morgan fingerprint density at radius 3 is 2.38 bits per heavy atom. The van der Waals surface area contributed by atoms with Crippen LogP contribution >= 0.6 is 11.6 Å². The van der Waals surface area contributed by atoms with E-state index in [2.05, 4.69) is 19.2 Å². The molecule has 2 aromatic rings. The molecule has 0 saturated carbocycles. The van der Waals surface area contributed by atoms with Crippen LogP contribution in [0.4, 0.5) is 5.69 Å². The van der Waals surface area contributed by atoms with Gasteiger partial charge in [-0.15, -0.1) is 0 Å². The number of rotatable bonds is 6. The van der Waals surface area contributed by atoms with Gasteiger partial charge in [0.1, 0.15) is 5.75 Å². The summed E-state index contributed by atoms with van der Waals surface area (Å²) in [6, 6.07) is 13.5. The first-order valence-corrected chi connectivity index (χ1v) is 8.20. The van der Waals surface area contributed by atoms with Gasteiger partial charge in [0.2, 0.25) is 0 Å². The van der Waals surface area contributed by atoms with E-state index in [0.29, 0.717) is 34.4 Å². The predicted octanol–water partition coefficient (Wildman–Crippen LogP) is 4.93. The zero-order valence-corrected chi connectivity index (χ0v) is 14.5. The Labute approximate surface area is 146 Å². The van der Waals surface area contributed by atoms with Crippen LogP contribution in [0.25, 0.3) is 0 Å². The molecule has 0 aliphatic carbocycles. The Balaban J connectivity index is 1.93. The molecule has 0 unspecified atom stereocenters. The van der Waals surface area contributed by atoms with E-state index in [4.69, 9.17) is 16.3 Å². The third-order valence-electron chi connectivity index (χ3n) is 3.39. The molecule has 0 spiro atoms. The molecule has 0 saturated heterocycles. The van der Waals surface area contributed by atoms with Gasteiger partial charge in [-0.1, -0.05) is 37.6 Å². The highest BCUT2D eigenvalue weighted by molar-refractivity contribution is 6.34. The molecular formula is C19H20ClNO3. The summed E-state index contributed by atoms with van der Waals surface area (Å²) in [4.78, 5) is 23.9. The Bertz CT molecular complexity index is 711. The van der Waals surface area contributed by atoms with E-state index in [1.165, 1.54) is 0 Å². The minimum atomic E-state index is -0.290. The van der Waals surface area contributed by atoms with Crippen LogP contribution in [-0.2, 0) is 4.79 Å². The SMILES string of the molecule is CC(C)CCC(=O)Oc1ccc(NC(=O)c2ccccc2Cl)cc1. The van der Waals surface area contributed by atoms with Crippen LogP contribution in [-0.4, -0.2) is 11.9 Å². The average Bonchev–Trinajstić information content (AvgIpc) is 2.55. The van der Waals surface area contributed by atoms with Crippen LogP contribution in [0.5, 0.6) is 5.75 Å². The number of hydrogen-bond donors (Lipinski definition) is 1. The lowest BCUT2D eigenvalue weighted by molar-refractivity contribution is -0.134. The number of carbonyl (C=O) groups is 2. The fourth-order valence-electron chi connectivity index (χ4n) is 2.04. The summed E-state index contributed by atoms with van der Waals surface area (Å²) in [5.41, 5.74) is 1.00. The van der Waals surface area contributed by atoms with Crippen molar-refractivity contribution < 1.29 is 14.3 Å². The Morgan fingerprint density at radius 1 is 1.08 bits per heavy atom.